The number of piperidine rings is 1. The minimum atomic E-state index is -0.480. The van der Waals surface area contributed by atoms with Gasteiger partial charge < -0.3 is 9.84 Å². The van der Waals surface area contributed by atoms with E-state index in [4.69, 9.17) is 4.74 Å². The molecule has 0 saturated carbocycles. The highest BCUT2D eigenvalue weighted by Crippen LogP contribution is 2.25. The van der Waals surface area contributed by atoms with Crippen molar-refractivity contribution in [3.05, 3.63) is 47.3 Å². The minimum Gasteiger partial charge on any atom is -0.491 e. The van der Waals surface area contributed by atoms with Crippen LogP contribution in [0.3, 0.4) is 0 Å². The van der Waals surface area contributed by atoms with Gasteiger partial charge >= 0.3 is 0 Å². The van der Waals surface area contributed by atoms with Gasteiger partial charge in [0.2, 0.25) is 0 Å². The number of aryl methyl sites for hydroxylation is 2. The number of ether oxygens (including phenoxy) is 1. The molecule has 2 atom stereocenters. The van der Waals surface area contributed by atoms with Gasteiger partial charge in [0, 0.05) is 30.9 Å². The first kappa shape index (κ1) is 17.0. The summed E-state index contributed by atoms with van der Waals surface area (Å²) < 4.78 is 5.78. The van der Waals surface area contributed by atoms with Crippen molar-refractivity contribution < 1.29 is 9.84 Å². The molecule has 2 unspecified atom stereocenters. The van der Waals surface area contributed by atoms with Crippen molar-refractivity contribution in [2.45, 2.75) is 38.7 Å². The lowest BCUT2D eigenvalue weighted by molar-refractivity contribution is 0.0580. The van der Waals surface area contributed by atoms with E-state index in [-0.39, 0.29) is 0 Å². The number of aromatic amines is 1. The molecule has 0 bridgehead atoms. The molecular weight excluding hydrogens is 302 g/mol. The molecule has 130 valence electrons. The van der Waals surface area contributed by atoms with Gasteiger partial charge in [-0.05, 0) is 62.6 Å². The normalized spacial score (nSPS) is 20.0. The lowest BCUT2D eigenvalue weighted by Crippen LogP contribution is -2.41. The lowest BCUT2D eigenvalue weighted by Gasteiger charge is -2.33. The molecule has 1 aromatic carbocycles. The number of aliphatic hydroxyl groups excluding tert-OH is 1. The zero-order chi connectivity index (χ0) is 16.9. The van der Waals surface area contributed by atoms with Gasteiger partial charge in [0.05, 0.1) is 0 Å². The number of H-pyrrole nitrogens is 1. The van der Waals surface area contributed by atoms with Crippen LogP contribution >= 0.6 is 0 Å². The molecule has 5 nitrogen and oxygen atoms in total. The summed E-state index contributed by atoms with van der Waals surface area (Å²) in [5, 5.41) is 17.5. The number of benzene rings is 1. The van der Waals surface area contributed by atoms with Gasteiger partial charge in [-0.1, -0.05) is 6.07 Å². The Morgan fingerprint density at radius 2 is 2.12 bits per heavy atom. The van der Waals surface area contributed by atoms with E-state index >= 15 is 0 Å². The Balaban J connectivity index is 1.48. The lowest BCUT2D eigenvalue weighted by atomic mass is 9.95. The number of nitrogens with one attached hydrogen (secondary N) is 1. The average Bonchev–Trinajstić information content (AvgIpc) is 3.07. The molecular formula is C19H27N3O2. The van der Waals surface area contributed by atoms with Crippen molar-refractivity contribution in [3.8, 4) is 5.75 Å². The molecule has 0 spiro atoms. The number of aliphatic hydroxyl groups is 1. The maximum Gasteiger partial charge on any atom is 0.119 e. The van der Waals surface area contributed by atoms with E-state index in [0.717, 1.165) is 25.3 Å². The Labute approximate surface area is 143 Å². The molecule has 1 saturated heterocycles. The number of hydrogen-bond acceptors (Lipinski definition) is 4. The molecule has 0 amide bonds. The summed E-state index contributed by atoms with van der Waals surface area (Å²) in [6, 6.07) is 8.18. The average molecular weight is 329 g/mol. The van der Waals surface area contributed by atoms with Gasteiger partial charge in [0.15, 0.2) is 0 Å². The van der Waals surface area contributed by atoms with Crippen LogP contribution in [0.1, 0.15) is 35.6 Å². The number of β-amino-alcohol motifs (C(OH)–C–C–N with tert-alkyl or cyclic N) is 1. The van der Waals surface area contributed by atoms with Crippen LogP contribution in [0.5, 0.6) is 5.75 Å². The zero-order valence-corrected chi connectivity index (χ0v) is 14.5. The van der Waals surface area contributed by atoms with Gasteiger partial charge in [-0.25, -0.2) is 0 Å². The predicted octanol–water partition coefficient (Wildman–Crippen LogP) is 2.65. The fourth-order valence-electron chi connectivity index (χ4n) is 3.53. The zero-order valence-electron chi connectivity index (χ0n) is 14.5. The SMILES string of the molecule is Cc1cc(C)cc(OCC(O)CN2CCCC(c3ccn[nH]3)C2)c1. The third-order valence-corrected chi connectivity index (χ3v) is 4.57. The second-order valence-electron chi connectivity index (χ2n) is 6.90. The Kier molecular flexibility index (Phi) is 5.53. The van der Waals surface area contributed by atoms with Crippen LogP contribution in [0.4, 0.5) is 0 Å². The number of aromatic nitrogens is 2. The van der Waals surface area contributed by atoms with Crippen molar-refractivity contribution in [2.75, 3.05) is 26.2 Å². The molecule has 0 radical (unpaired) electrons. The summed E-state index contributed by atoms with van der Waals surface area (Å²) in [6.07, 6.45) is 3.65. The van der Waals surface area contributed by atoms with Gasteiger partial charge in [-0.15, -0.1) is 0 Å². The minimum absolute atomic E-state index is 0.327. The summed E-state index contributed by atoms with van der Waals surface area (Å²) in [6.45, 7) is 7.08. The first-order valence-electron chi connectivity index (χ1n) is 8.71. The summed E-state index contributed by atoms with van der Waals surface area (Å²) in [4.78, 5) is 2.32. The van der Waals surface area contributed by atoms with Crippen LogP contribution in [-0.2, 0) is 0 Å². The molecule has 3 rings (SSSR count). The molecule has 1 aliphatic heterocycles. The fourth-order valence-corrected chi connectivity index (χ4v) is 3.53. The van der Waals surface area contributed by atoms with Crippen LogP contribution in [-0.4, -0.2) is 52.5 Å². The number of likely N-dealkylation sites (tertiary alicyclic amines) is 1. The van der Waals surface area contributed by atoms with E-state index < -0.39 is 6.10 Å². The molecule has 5 heteroatoms. The Morgan fingerprint density at radius 3 is 2.83 bits per heavy atom. The van der Waals surface area contributed by atoms with Crippen molar-refractivity contribution in [2.24, 2.45) is 0 Å². The van der Waals surface area contributed by atoms with Crippen LogP contribution in [0.2, 0.25) is 0 Å². The van der Waals surface area contributed by atoms with Gasteiger partial charge in [-0.2, -0.15) is 5.10 Å². The predicted molar refractivity (Wildman–Crippen MR) is 94.4 cm³/mol. The second kappa shape index (κ2) is 7.81. The molecule has 0 aliphatic carbocycles. The monoisotopic (exact) mass is 329 g/mol. The summed E-state index contributed by atoms with van der Waals surface area (Å²) >= 11 is 0. The van der Waals surface area contributed by atoms with Crippen LogP contribution in [0.25, 0.3) is 0 Å². The largest absolute Gasteiger partial charge is 0.491 e. The van der Waals surface area contributed by atoms with Gasteiger partial charge in [0.25, 0.3) is 0 Å². The van der Waals surface area contributed by atoms with Gasteiger partial charge in [-0.3, -0.25) is 10.00 Å². The van der Waals surface area contributed by atoms with E-state index in [1.165, 1.54) is 23.2 Å². The molecule has 24 heavy (non-hydrogen) atoms. The van der Waals surface area contributed by atoms with E-state index in [9.17, 15) is 5.11 Å². The summed E-state index contributed by atoms with van der Waals surface area (Å²) in [7, 11) is 0. The topological polar surface area (TPSA) is 61.4 Å². The molecule has 1 aliphatic rings. The molecule has 2 N–H and O–H groups in total. The Morgan fingerprint density at radius 1 is 1.33 bits per heavy atom. The van der Waals surface area contributed by atoms with Crippen LogP contribution < -0.4 is 4.74 Å². The Bertz CT molecular complexity index is 622. The Hall–Kier alpha value is -1.85. The van der Waals surface area contributed by atoms with Crippen molar-refractivity contribution >= 4 is 0 Å². The maximum atomic E-state index is 10.3. The molecule has 2 aromatic rings. The second-order valence-corrected chi connectivity index (χ2v) is 6.90. The van der Waals surface area contributed by atoms with E-state index in [0.29, 0.717) is 19.1 Å². The first-order valence-corrected chi connectivity index (χ1v) is 8.71. The van der Waals surface area contributed by atoms with Crippen molar-refractivity contribution in [1.29, 1.82) is 0 Å². The summed E-state index contributed by atoms with van der Waals surface area (Å²) in [5.41, 5.74) is 3.55. The highest BCUT2D eigenvalue weighted by molar-refractivity contribution is 5.33. The van der Waals surface area contributed by atoms with Gasteiger partial charge in [0.1, 0.15) is 18.5 Å². The van der Waals surface area contributed by atoms with Crippen LogP contribution in [0.15, 0.2) is 30.5 Å². The van der Waals surface area contributed by atoms with E-state index in [2.05, 4.69) is 35.0 Å². The van der Waals surface area contributed by atoms with E-state index in [1.54, 1.807) is 6.20 Å². The third-order valence-electron chi connectivity index (χ3n) is 4.57. The van der Waals surface area contributed by atoms with Crippen molar-refractivity contribution in [1.82, 2.24) is 15.1 Å². The summed E-state index contributed by atoms with van der Waals surface area (Å²) in [5.74, 6) is 1.31. The van der Waals surface area contributed by atoms with Crippen LogP contribution in [0, 0.1) is 13.8 Å². The number of rotatable bonds is 6. The third kappa shape index (κ3) is 4.58. The quantitative estimate of drug-likeness (QED) is 0.855. The maximum absolute atomic E-state index is 10.3. The molecule has 1 aromatic heterocycles. The fraction of sp³-hybridized carbons (Fsp3) is 0.526. The molecule has 2 heterocycles. The first-order chi connectivity index (χ1) is 11.6. The molecule has 1 fully saturated rings. The number of nitrogens with zero attached hydrogens (tertiary/aromatic N) is 2. The smallest absolute Gasteiger partial charge is 0.119 e. The highest BCUT2D eigenvalue weighted by Gasteiger charge is 2.23. The van der Waals surface area contributed by atoms with Crippen molar-refractivity contribution in [3.63, 3.8) is 0 Å². The number of hydrogen-bond donors (Lipinski definition) is 2. The van der Waals surface area contributed by atoms with E-state index in [1.807, 2.05) is 18.2 Å². The highest BCUT2D eigenvalue weighted by atomic mass is 16.5. The standard InChI is InChI=1S/C19H27N3O2/c1-14-8-15(2)10-18(9-14)24-13-17(23)12-22-7-3-4-16(11-22)19-5-6-20-21-19/h5-6,8-10,16-17,23H,3-4,7,11-13H2,1-2H3,(H,20,21).